The zero-order chi connectivity index (χ0) is 15.7. The van der Waals surface area contributed by atoms with Gasteiger partial charge in [-0.25, -0.2) is 8.42 Å². The molecule has 5 nitrogen and oxygen atoms in total. The minimum atomic E-state index is -3.61. The summed E-state index contributed by atoms with van der Waals surface area (Å²) in [6, 6.07) is 8.35. The second-order valence-corrected chi connectivity index (χ2v) is 8.13. The highest BCUT2D eigenvalue weighted by atomic mass is 32.2. The molecular weight excluding hydrogens is 286 g/mol. The Kier molecular flexibility index (Phi) is 4.38. The third-order valence-corrected chi connectivity index (χ3v) is 5.59. The fourth-order valence-electron chi connectivity index (χ4n) is 2.35. The molecular formula is C15H21N3O2S. The first-order chi connectivity index (χ1) is 9.76. The second-order valence-electron chi connectivity index (χ2n) is 6.24. The van der Waals surface area contributed by atoms with Crippen LogP contribution in [0.15, 0.2) is 29.2 Å². The van der Waals surface area contributed by atoms with Crippen molar-refractivity contribution in [1.82, 2.24) is 9.62 Å². The van der Waals surface area contributed by atoms with Crippen LogP contribution in [0.5, 0.6) is 0 Å². The topological polar surface area (TPSA) is 73.2 Å². The Balaban J connectivity index is 2.33. The Morgan fingerprint density at radius 2 is 1.90 bits per heavy atom. The molecule has 6 heteroatoms. The average Bonchev–Trinajstić information content (AvgIpc) is 2.46. The molecule has 21 heavy (non-hydrogen) atoms. The van der Waals surface area contributed by atoms with E-state index in [1.54, 1.807) is 12.1 Å². The second kappa shape index (κ2) is 5.76. The molecule has 1 aromatic rings. The van der Waals surface area contributed by atoms with Gasteiger partial charge in [-0.05, 0) is 23.1 Å². The molecule has 0 bridgehead atoms. The van der Waals surface area contributed by atoms with Crippen molar-refractivity contribution in [2.24, 2.45) is 0 Å². The zero-order valence-electron chi connectivity index (χ0n) is 12.6. The normalized spacial score (nSPS) is 21.0. The average molecular weight is 307 g/mol. The first-order valence-corrected chi connectivity index (χ1v) is 8.43. The summed E-state index contributed by atoms with van der Waals surface area (Å²) < 4.78 is 26.6. The molecule has 0 aromatic heterocycles. The first kappa shape index (κ1) is 16.0. The molecule has 0 radical (unpaired) electrons. The van der Waals surface area contributed by atoms with Crippen LogP contribution in [0.2, 0.25) is 0 Å². The molecule has 1 aliphatic rings. The van der Waals surface area contributed by atoms with Gasteiger partial charge in [-0.15, -0.1) is 0 Å². The van der Waals surface area contributed by atoms with Gasteiger partial charge in [0.25, 0.3) is 0 Å². The molecule has 1 fully saturated rings. The van der Waals surface area contributed by atoms with Gasteiger partial charge in [-0.2, -0.15) is 9.57 Å². The molecule has 0 aliphatic carbocycles. The van der Waals surface area contributed by atoms with Crippen LogP contribution in [-0.2, 0) is 15.4 Å². The van der Waals surface area contributed by atoms with Crippen LogP contribution in [0.3, 0.4) is 0 Å². The largest absolute Gasteiger partial charge is 0.313 e. The van der Waals surface area contributed by atoms with E-state index < -0.39 is 16.1 Å². The summed E-state index contributed by atoms with van der Waals surface area (Å²) in [6.45, 7) is 7.50. The summed E-state index contributed by atoms with van der Waals surface area (Å²) in [5, 5.41) is 12.2. The third-order valence-electron chi connectivity index (χ3n) is 3.67. The molecule has 1 aromatic carbocycles. The standard InChI is InChI=1S/C15H21N3O2S/c1-15(2,3)12-4-6-14(7-5-12)21(19,20)18-9-8-17-11-13(18)10-16/h4-7,13,17H,8-9,11H2,1-3H3. The quantitative estimate of drug-likeness (QED) is 0.898. The van der Waals surface area contributed by atoms with E-state index >= 15 is 0 Å². The lowest BCUT2D eigenvalue weighted by atomic mass is 9.87. The first-order valence-electron chi connectivity index (χ1n) is 6.99. The lowest BCUT2D eigenvalue weighted by Gasteiger charge is -2.31. The SMILES string of the molecule is CC(C)(C)c1ccc(S(=O)(=O)N2CCNCC2C#N)cc1. The van der Waals surface area contributed by atoms with E-state index in [9.17, 15) is 8.42 Å². The van der Waals surface area contributed by atoms with Crippen molar-refractivity contribution in [3.8, 4) is 6.07 Å². The van der Waals surface area contributed by atoms with Gasteiger partial charge in [0.2, 0.25) is 10.0 Å². The summed E-state index contributed by atoms with van der Waals surface area (Å²) in [6.07, 6.45) is 0. The van der Waals surface area contributed by atoms with Crippen molar-refractivity contribution in [2.75, 3.05) is 19.6 Å². The van der Waals surface area contributed by atoms with Crippen molar-refractivity contribution in [3.63, 3.8) is 0 Å². The van der Waals surface area contributed by atoms with Crippen LogP contribution in [0.25, 0.3) is 0 Å². The zero-order valence-corrected chi connectivity index (χ0v) is 13.4. The van der Waals surface area contributed by atoms with Crippen LogP contribution in [0.4, 0.5) is 0 Å². The van der Waals surface area contributed by atoms with Gasteiger partial charge in [0.05, 0.1) is 11.0 Å². The molecule has 114 valence electrons. The van der Waals surface area contributed by atoms with E-state index in [2.05, 4.69) is 26.1 Å². The van der Waals surface area contributed by atoms with Gasteiger partial charge in [0, 0.05) is 19.6 Å². The molecule has 2 rings (SSSR count). The minimum Gasteiger partial charge on any atom is -0.313 e. The van der Waals surface area contributed by atoms with Gasteiger partial charge in [0.15, 0.2) is 0 Å². The van der Waals surface area contributed by atoms with E-state index in [4.69, 9.17) is 5.26 Å². The Morgan fingerprint density at radius 1 is 1.29 bits per heavy atom. The van der Waals surface area contributed by atoms with Crippen molar-refractivity contribution in [1.29, 1.82) is 5.26 Å². The molecule has 1 unspecified atom stereocenters. The van der Waals surface area contributed by atoms with Crippen LogP contribution in [0.1, 0.15) is 26.3 Å². The molecule has 1 aliphatic heterocycles. The van der Waals surface area contributed by atoms with Crippen molar-refractivity contribution >= 4 is 10.0 Å². The van der Waals surface area contributed by atoms with Gasteiger partial charge in [-0.1, -0.05) is 32.9 Å². The summed E-state index contributed by atoms with van der Waals surface area (Å²) in [5.74, 6) is 0. The van der Waals surface area contributed by atoms with Gasteiger partial charge >= 0.3 is 0 Å². The molecule has 1 heterocycles. The maximum Gasteiger partial charge on any atom is 0.244 e. The number of nitrogens with one attached hydrogen (secondary N) is 1. The molecule has 0 amide bonds. The molecule has 1 saturated heterocycles. The highest BCUT2D eigenvalue weighted by Crippen LogP contribution is 2.25. The van der Waals surface area contributed by atoms with Crippen LogP contribution < -0.4 is 5.32 Å². The minimum absolute atomic E-state index is 0.0213. The number of benzene rings is 1. The Morgan fingerprint density at radius 3 is 2.43 bits per heavy atom. The van der Waals surface area contributed by atoms with E-state index in [-0.39, 0.29) is 10.3 Å². The fraction of sp³-hybridized carbons (Fsp3) is 0.533. The summed E-state index contributed by atoms with van der Waals surface area (Å²) in [4.78, 5) is 0.248. The highest BCUT2D eigenvalue weighted by molar-refractivity contribution is 7.89. The maximum atomic E-state index is 12.7. The summed E-state index contributed by atoms with van der Waals surface area (Å²) in [7, 11) is -3.61. The molecule has 1 atom stereocenters. The lowest BCUT2D eigenvalue weighted by molar-refractivity contribution is 0.312. The number of rotatable bonds is 2. The smallest absolute Gasteiger partial charge is 0.244 e. The number of hydrogen-bond donors (Lipinski definition) is 1. The highest BCUT2D eigenvalue weighted by Gasteiger charge is 2.33. The number of sulfonamides is 1. The molecule has 0 saturated carbocycles. The Bertz CT molecular complexity index is 639. The predicted octanol–water partition coefficient (Wildman–Crippen LogP) is 1.47. The summed E-state index contributed by atoms with van der Waals surface area (Å²) >= 11 is 0. The van der Waals surface area contributed by atoms with E-state index in [0.717, 1.165) is 5.56 Å². The number of nitriles is 1. The number of piperazine rings is 1. The van der Waals surface area contributed by atoms with Gasteiger partial charge < -0.3 is 5.32 Å². The molecule has 0 spiro atoms. The lowest BCUT2D eigenvalue weighted by Crippen LogP contribution is -2.52. The van der Waals surface area contributed by atoms with Crippen molar-refractivity contribution in [3.05, 3.63) is 29.8 Å². The van der Waals surface area contributed by atoms with E-state index in [1.807, 2.05) is 18.2 Å². The number of nitrogens with zero attached hydrogens (tertiary/aromatic N) is 2. The Labute approximate surface area is 126 Å². The Hall–Kier alpha value is -1.42. The van der Waals surface area contributed by atoms with Crippen molar-refractivity contribution in [2.45, 2.75) is 37.1 Å². The van der Waals surface area contributed by atoms with Gasteiger partial charge in [0.1, 0.15) is 6.04 Å². The third kappa shape index (κ3) is 3.26. The van der Waals surface area contributed by atoms with Crippen LogP contribution >= 0.6 is 0 Å². The fourth-order valence-corrected chi connectivity index (χ4v) is 3.88. The van der Waals surface area contributed by atoms with Crippen LogP contribution in [-0.4, -0.2) is 38.4 Å². The summed E-state index contributed by atoms with van der Waals surface area (Å²) in [5.41, 5.74) is 1.06. The van der Waals surface area contributed by atoms with Crippen molar-refractivity contribution < 1.29 is 8.42 Å². The maximum absolute atomic E-state index is 12.7. The van der Waals surface area contributed by atoms with E-state index in [1.165, 1.54) is 4.31 Å². The molecule has 1 N–H and O–H groups in total. The monoisotopic (exact) mass is 307 g/mol. The van der Waals surface area contributed by atoms with E-state index in [0.29, 0.717) is 19.6 Å². The number of hydrogen-bond acceptors (Lipinski definition) is 4. The predicted molar refractivity (Wildman–Crippen MR) is 81.3 cm³/mol. The van der Waals surface area contributed by atoms with Crippen LogP contribution in [0, 0.1) is 11.3 Å². The van der Waals surface area contributed by atoms with Gasteiger partial charge in [-0.3, -0.25) is 0 Å².